The fourth-order valence-corrected chi connectivity index (χ4v) is 1.92. The van der Waals surface area contributed by atoms with Crippen molar-refractivity contribution in [3.8, 4) is 0 Å². The fourth-order valence-electron chi connectivity index (χ4n) is 1.92. The molecule has 0 atom stereocenters. The lowest BCUT2D eigenvalue weighted by molar-refractivity contribution is -0.154. The molecular weight excluding hydrogens is 232 g/mol. The second kappa shape index (κ2) is 7.19. The SMILES string of the molecule is CCC(=O)OCC1(COC(=O)CC)CC=CCC1. The third-order valence-electron chi connectivity index (χ3n) is 3.21. The number of rotatable bonds is 6. The van der Waals surface area contributed by atoms with Crippen LogP contribution in [0.5, 0.6) is 0 Å². The molecule has 0 spiro atoms. The highest BCUT2D eigenvalue weighted by Crippen LogP contribution is 2.33. The molecule has 0 aromatic carbocycles. The minimum absolute atomic E-state index is 0.203. The van der Waals surface area contributed by atoms with Crippen molar-refractivity contribution >= 4 is 11.9 Å². The van der Waals surface area contributed by atoms with Crippen LogP contribution in [0.4, 0.5) is 0 Å². The minimum Gasteiger partial charge on any atom is -0.465 e. The lowest BCUT2D eigenvalue weighted by Gasteiger charge is -2.33. The van der Waals surface area contributed by atoms with Gasteiger partial charge in [0.25, 0.3) is 0 Å². The van der Waals surface area contributed by atoms with Gasteiger partial charge in [-0.1, -0.05) is 26.0 Å². The van der Waals surface area contributed by atoms with Crippen LogP contribution in [0.25, 0.3) is 0 Å². The molecular formula is C14H22O4. The van der Waals surface area contributed by atoms with Crippen molar-refractivity contribution in [2.75, 3.05) is 13.2 Å². The molecule has 18 heavy (non-hydrogen) atoms. The Bertz CT molecular complexity index is 300. The molecule has 1 aliphatic rings. The Balaban J connectivity index is 2.55. The van der Waals surface area contributed by atoms with Crippen molar-refractivity contribution in [3.05, 3.63) is 12.2 Å². The maximum absolute atomic E-state index is 11.2. The van der Waals surface area contributed by atoms with Crippen LogP contribution >= 0.6 is 0 Å². The molecule has 1 rings (SSSR count). The molecule has 0 aromatic heterocycles. The van der Waals surface area contributed by atoms with Gasteiger partial charge in [0.05, 0.1) is 0 Å². The molecule has 102 valence electrons. The van der Waals surface area contributed by atoms with Crippen LogP contribution in [0.1, 0.15) is 46.0 Å². The van der Waals surface area contributed by atoms with E-state index in [0.29, 0.717) is 26.1 Å². The van der Waals surface area contributed by atoms with Gasteiger partial charge in [-0.2, -0.15) is 0 Å². The molecule has 4 heteroatoms. The number of allylic oxidation sites excluding steroid dienone is 2. The molecule has 0 aliphatic heterocycles. The molecule has 0 fully saturated rings. The molecule has 0 aromatic rings. The Morgan fingerprint density at radius 1 is 1.06 bits per heavy atom. The maximum Gasteiger partial charge on any atom is 0.305 e. The van der Waals surface area contributed by atoms with Crippen LogP contribution in [0.15, 0.2) is 12.2 Å². The standard InChI is InChI=1S/C14H22O4/c1-3-12(15)17-10-14(8-6-5-7-9-14)11-18-13(16)4-2/h5-6H,3-4,7-11H2,1-2H3. The Morgan fingerprint density at radius 2 is 1.61 bits per heavy atom. The smallest absolute Gasteiger partial charge is 0.305 e. The largest absolute Gasteiger partial charge is 0.465 e. The highest BCUT2D eigenvalue weighted by molar-refractivity contribution is 5.69. The third-order valence-corrected chi connectivity index (χ3v) is 3.21. The number of hydrogen-bond acceptors (Lipinski definition) is 4. The second-order valence-electron chi connectivity index (χ2n) is 4.74. The van der Waals surface area contributed by atoms with E-state index in [1.54, 1.807) is 13.8 Å². The third kappa shape index (κ3) is 4.51. The Hall–Kier alpha value is -1.32. The van der Waals surface area contributed by atoms with E-state index < -0.39 is 0 Å². The van der Waals surface area contributed by atoms with E-state index >= 15 is 0 Å². The molecule has 4 nitrogen and oxygen atoms in total. The maximum atomic E-state index is 11.2. The first-order valence-corrected chi connectivity index (χ1v) is 6.58. The molecule has 0 radical (unpaired) electrons. The minimum atomic E-state index is -0.232. The van der Waals surface area contributed by atoms with Crippen molar-refractivity contribution in [1.82, 2.24) is 0 Å². The van der Waals surface area contributed by atoms with E-state index in [0.717, 1.165) is 19.3 Å². The molecule has 0 heterocycles. The highest BCUT2D eigenvalue weighted by atomic mass is 16.5. The number of carbonyl (C=O) groups excluding carboxylic acids is 2. The lowest BCUT2D eigenvalue weighted by atomic mass is 9.78. The van der Waals surface area contributed by atoms with E-state index in [1.165, 1.54) is 0 Å². The summed E-state index contributed by atoms with van der Waals surface area (Å²) in [4.78, 5) is 22.5. The van der Waals surface area contributed by atoms with Crippen LogP contribution in [-0.2, 0) is 19.1 Å². The summed E-state index contributed by atoms with van der Waals surface area (Å²) in [6.07, 6.45) is 7.55. The van der Waals surface area contributed by atoms with E-state index in [4.69, 9.17) is 9.47 Å². The molecule has 0 N–H and O–H groups in total. The van der Waals surface area contributed by atoms with Gasteiger partial charge in [0.2, 0.25) is 0 Å². The summed E-state index contributed by atoms with van der Waals surface area (Å²) in [6, 6.07) is 0. The fraction of sp³-hybridized carbons (Fsp3) is 0.714. The molecule has 0 unspecified atom stereocenters. The van der Waals surface area contributed by atoms with Gasteiger partial charge < -0.3 is 9.47 Å². The monoisotopic (exact) mass is 254 g/mol. The summed E-state index contributed by atoms with van der Waals surface area (Å²) in [5, 5.41) is 0. The van der Waals surface area contributed by atoms with Gasteiger partial charge in [-0.3, -0.25) is 9.59 Å². The first-order valence-electron chi connectivity index (χ1n) is 6.58. The zero-order valence-electron chi connectivity index (χ0n) is 11.2. The number of hydrogen-bond donors (Lipinski definition) is 0. The normalized spacial score (nSPS) is 17.2. The van der Waals surface area contributed by atoms with Crippen LogP contribution in [0, 0.1) is 5.41 Å². The van der Waals surface area contributed by atoms with Crippen molar-refractivity contribution in [2.24, 2.45) is 5.41 Å². The lowest BCUT2D eigenvalue weighted by Crippen LogP contribution is -2.35. The van der Waals surface area contributed by atoms with Crippen LogP contribution < -0.4 is 0 Å². The molecule has 0 saturated heterocycles. The summed E-state index contributed by atoms with van der Waals surface area (Å²) in [5.74, 6) is -0.406. The van der Waals surface area contributed by atoms with Crippen molar-refractivity contribution < 1.29 is 19.1 Å². The summed E-state index contributed by atoms with van der Waals surface area (Å²) in [5.41, 5.74) is -0.232. The summed E-state index contributed by atoms with van der Waals surface area (Å²) >= 11 is 0. The predicted octanol–water partition coefficient (Wildman–Crippen LogP) is 2.62. The Labute approximate surface area is 108 Å². The van der Waals surface area contributed by atoms with Gasteiger partial charge in [0.15, 0.2) is 0 Å². The highest BCUT2D eigenvalue weighted by Gasteiger charge is 2.33. The van der Waals surface area contributed by atoms with E-state index in [9.17, 15) is 9.59 Å². The van der Waals surface area contributed by atoms with E-state index in [2.05, 4.69) is 12.2 Å². The Kier molecular flexibility index (Phi) is 5.89. The Morgan fingerprint density at radius 3 is 2.00 bits per heavy atom. The molecule has 1 aliphatic carbocycles. The topological polar surface area (TPSA) is 52.6 Å². The van der Waals surface area contributed by atoms with Crippen LogP contribution in [-0.4, -0.2) is 25.2 Å². The van der Waals surface area contributed by atoms with Crippen LogP contribution in [0.3, 0.4) is 0 Å². The van der Waals surface area contributed by atoms with Gasteiger partial charge in [-0.25, -0.2) is 0 Å². The number of ether oxygens (including phenoxy) is 2. The summed E-state index contributed by atoms with van der Waals surface area (Å²) < 4.78 is 10.5. The first kappa shape index (κ1) is 14.7. The second-order valence-corrected chi connectivity index (χ2v) is 4.74. The van der Waals surface area contributed by atoms with Gasteiger partial charge in [0, 0.05) is 18.3 Å². The number of carbonyl (C=O) groups is 2. The predicted molar refractivity (Wildman–Crippen MR) is 67.9 cm³/mol. The first-order chi connectivity index (χ1) is 8.62. The van der Waals surface area contributed by atoms with Gasteiger partial charge in [-0.05, 0) is 19.3 Å². The molecule has 0 bridgehead atoms. The average molecular weight is 254 g/mol. The van der Waals surface area contributed by atoms with E-state index in [1.807, 2.05) is 0 Å². The van der Waals surface area contributed by atoms with Gasteiger partial charge >= 0.3 is 11.9 Å². The van der Waals surface area contributed by atoms with Gasteiger partial charge in [0.1, 0.15) is 13.2 Å². The van der Waals surface area contributed by atoms with Crippen molar-refractivity contribution in [3.63, 3.8) is 0 Å². The van der Waals surface area contributed by atoms with E-state index in [-0.39, 0.29) is 17.4 Å². The zero-order valence-corrected chi connectivity index (χ0v) is 11.2. The number of esters is 2. The van der Waals surface area contributed by atoms with Gasteiger partial charge in [-0.15, -0.1) is 0 Å². The summed E-state index contributed by atoms with van der Waals surface area (Å²) in [7, 11) is 0. The quantitative estimate of drug-likeness (QED) is 0.540. The molecule has 0 saturated carbocycles. The zero-order chi connectivity index (χ0) is 13.4. The van der Waals surface area contributed by atoms with Crippen molar-refractivity contribution in [2.45, 2.75) is 46.0 Å². The van der Waals surface area contributed by atoms with Crippen molar-refractivity contribution in [1.29, 1.82) is 0 Å². The average Bonchev–Trinajstić information content (AvgIpc) is 2.43. The van der Waals surface area contributed by atoms with Crippen LogP contribution in [0.2, 0.25) is 0 Å². The summed E-state index contributed by atoms with van der Waals surface area (Å²) in [6.45, 7) is 4.21. The molecule has 0 amide bonds.